The molecular formula is C13H25N. The molecule has 3 unspecified atom stereocenters. The Kier molecular flexibility index (Phi) is 3.48. The standard InChI is InChI=1S/C13H25N/c1-10-3-4-13(7-10)9-14-11(2)8-12-5-6-12/h10-14H,3-9H2,1-2H3. The third kappa shape index (κ3) is 3.27. The zero-order chi connectivity index (χ0) is 9.97. The highest BCUT2D eigenvalue weighted by atomic mass is 14.9. The zero-order valence-electron chi connectivity index (χ0n) is 9.76. The van der Waals surface area contributed by atoms with Crippen molar-refractivity contribution in [2.75, 3.05) is 6.54 Å². The third-order valence-electron chi connectivity index (χ3n) is 3.94. The zero-order valence-corrected chi connectivity index (χ0v) is 9.76. The molecule has 0 heterocycles. The highest BCUT2D eigenvalue weighted by molar-refractivity contribution is 4.80. The van der Waals surface area contributed by atoms with Crippen molar-refractivity contribution in [3.8, 4) is 0 Å². The van der Waals surface area contributed by atoms with Gasteiger partial charge in [-0.1, -0.05) is 26.2 Å². The number of hydrogen-bond donors (Lipinski definition) is 1. The summed E-state index contributed by atoms with van der Waals surface area (Å²) in [5, 5.41) is 3.72. The highest BCUT2D eigenvalue weighted by Gasteiger charge is 2.25. The summed E-state index contributed by atoms with van der Waals surface area (Å²) in [6.07, 6.45) is 8.79. The Labute approximate surface area is 88.7 Å². The Morgan fingerprint density at radius 1 is 1.14 bits per heavy atom. The van der Waals surface area contributed by atoms with Gasteiger partial charge in [-0.2, -0.15) is 0 Å². The molecule has 0 radical (unpaired) electrons. The lowest BCUT2D eigenvalue weighted by atomic mass is 10.1. The molecule has 2 aliphatic carbocycles. The predicted octanol–water partition coefficient (Wildman–Crippen LogP) is 3.20. The lowest BCUT2D eigenvalue weighted by Crippen LogP contribution is -2.30. The fraction of sp³-hybridized carbons (Fsp3) is 1.00. The fourth-order valence-electron chi connectivity index (χ4n) is 2.82. The smallest absolute Gasteiger partial charge is 0.00414 e. The van der Waals surface area contributed by atoms with E-state index in [1.54, 1.807) is 0 Å². The van der Waals surface area contributed by atoms with Gasteiger partial charge in [0.2, 0.25) is 0 Å². The van der Waals surface area contributed by atoms with Gasteiger partial charge in [-0.05, 0) is 50.5 Å². The van der Waals surface area contributed by atoms with E-state index in [1.165, 1.54) is 45.1 Å². The van der Waals surface area contributed by atoms with Crippen molar-refractivity contribution < 1.29 is 0 Å². The van der Waals surface area contributed by atoms with Crippen LogP contribution in [0.4, 0.5) is 0 Å². The molecule has 0 amide bonds. The van der Waals surface area contributed by atoms with E-state index < -0.39 is 0 Å². The first kappa shape index (κ1) is 10.5. The Balaban J connectivity index is 1.56. The first-order valence-electron chi connectivity index (χ1n) is 6.47. The van der Waals surface area contributed by atoms with Gasteiger partial charge in [-0.25, -0.2) is 0 Å². The van der Waals surface area contributed by atoms with Crippen LogP contribution in [-0.2, 0) is 0 Å². The molecule has 2 saturated carbocycles. The number of nitrogens with one attached hydrogen (secondary N) is 1. The summed E-state index contributed by atoms with van der Waals surface area (Å²) in [5.74, 6) is 3.03. The topological polar surface area (TPSA) is 12.0 Å². The van der Waals surface area contributed by atoms with Crippen molar-refractivity contribution in [2.45, 2.75) is 58.4 Å². The molecule has 2 rings (SSSR count). The predicted molar refractivity (Wildman–Crippen MR) is 61.3 cm³/mol. The summed E-state index contributed by atoms with van der Waals surface area (Å²) in [6, 6.07) is 0.762. The van der Waals surface area contributed by atoms with Crippen LogP contribution < -0.4 is 5.32 Å². The van der Waals surface area contributed by atoms with E-state index in [4.69, 9.17) is 0 Å². The van der Waals surface area contributed by atoms with Gasteiger partial charge in [0, 0.05) is 6.04 Å². The minimum Gasteiger partial charge on any atom is -0.314 e. The molecule has 14 heavy (non-hydrogen) atoms. The summed E-state index contributed by atoms with van der Waals surface area (Å²) >= 11 is 0. The van der Waals surface area contributed by atoms with Crippen LogP contribution in [0.5, 0.6) is 0 Å². The molecule has 3 atom stereocenters. The largest absolute Gasteiger partial charge is 0.314 e. The van der Waals surface area contributed by atoms with Crippen molar-refractivity contribution in [1.82, 2.24) is 5.32 Å². The van der Waals surface area contributed by atoms with Crippen LogP contribution in [0.15, 0.2) is 0 Å². The van der Waals surface area contributed by atoms with Crippen molar-refractivity contribution in [1.29, 1.82) is 0 Å². The second-order valence-electron chi connectivity index (χ2n) is 5.77. The number of rotatable bonds is 5. The minimum absolute atomic E-state index is 0.762. The van der Waals surface area contributed by atoms with Crippen molar-refractivity contribution in [2.24, 2.45) is 17.8 Å². The van der Waals surface area contributed by atoms with Crippen LogP contribution in [0, 0.1) is 17.8 Å². The molecule has 1 N–H and O–H groups in total. The molecule has 0 aromatic rings. The van der Waals surface area contributed by atoms with Gasteiger partial charge in [0.1, 0.15) is 0 Å². The quantitative estimate of drug-likeness (QED) is 0.710. The van der Waals surface area contributed by atoms with Crippen molar-refractivity contribution in [3.63, 3.8) is 0 Å². The van der Waals surface area contributed by atoms with E-state index in [0.717, 1.165) is 23.8 Å². The molecule has 82 valence electrons. The van der Waals surface area contributed by atoms with Gasteiger partial charge in [0.15, 0.2) is 0 Å². The van der Waals surface area contributed by atoms with Gasteiger partial charge in [0.25, 0.3) is 0 Å². The molecule has 0 bridgehead atoms. The molecule has 0 aliphatic heterocycles. The maximum absolute atomic E-state index is 3.72. The van der Waals surface area contributed by atoms with E-state index in [9.17, 15) is 0 Å². The first-order valence-corrected chi connectivity index (χ1v) is 6.47. The maximum Gasteiger partial charge on any atom is 0.00414 e. The van der Waals surface area contributed by atoms with Gasteiger partial charge >= 0.3 is 0 Å². The van der Waals surface area contributed by atoms with E-state index in [-0.39, 0.29) is 0 Å². The fourth-order valence-corrected chi connectivity index (χ4v) is 2.82. The summed E-state index contributed by atoms with van der Waals surface area (Å²) in [4.78, 5) is 0. The van der Waals surface area contributed by atoms with E-state index in [0.29, 0.717) is 0 Å². The normalized spacial score (nSPS) is 34.7. The lowest BCUT2D eigenvalue weighted by molar-refractivity contribution is 0.413. The van der Waals surface area contributed by atoms with Crippen LogP contribution in [0.1, 0.15) is 52.4 Å². The number of hydrogen-bond acceptors (Lipinski definition) is 1. The molecule has 1 nitrogen and oxygen atoms in total. The average Bonchev–Trinajstić information content (AvgIpc) is 2.85. The molecule has 2 aliphatic rings. The van der Waals surface area contributed by atoms with Crippen LogP contribution >= 0.6 is 0 Å². The van der Waals surface area contributed by atoms with E-state index >= 15 is 0 Å². The SMILES string of the molecule is CC1CCC(CNC(C)CC2CC2)C1. The average molecular weight is 195 g/mol. The Morgan fingerprint density at radius 2 is 1.86 bits per heavy atom. The highest BCUT2D eigenvalue weighted by Crippen LogP contribution is 2.34. The summed E-state index contributed by atoms with van der Waals surface area (Å²) in [5.41, 5.74) is 0. The molecule has 1 heteroatoms. The van der Waals surface area contributed by atoms with E-state index in [2.05, 4.69) is 19.2 Å². The van der Waals surface area contributed by atoms with Gasteiger partial charge in [-0.3, -0.25) is 0 Å². The second-order valence-corrected chi connectivity index (χ2v) is 5.77. The Morgan fingerprint density at radius 3 is 2.43 bits per heavy atom. The van der Waals surface area contributed by atoms with Crippen LogP contribution in [-0.4, -0.2) is 12.6 Å². The minimum atomic E-state index is 0.762. The first-order chi connectivity index (χ1) is 6.74. The summed E-state index contributed by atoms with van der Waals surface area (Å²) in [7, 11) is 0. The van der Waals surface area contributed by atoms with Gasteiger partial charge in [0.05, 0.1) is 0 Å². The van der Waals surface area contributed by atoms with Gasteiger partial charge < -0.3 is 5.32 Å². The van der Waals surface area contributed by atoms with Crippen LogP contribution in [0.25, 0.3) is 0 Å². The molecular weight excluding hydrogens is 170 g/mol. The monoisotopic (exact) mass is 195 g/mol. The summed E-state index contributed by atoms with van der Waals surface area (Å²) < 4.78 is 0. The van der Waals surface area contributed by atoms with Crippen LogP contribution in [0.3, 0.4) is 0 Å². The van der Waals surface area contributed by atoms with Gasteiger partial charge in [-0.15, -0.1) is 0 Å². The van der Waals surface area contributed by atoms with Crippen LogP contribution in [0.2, 0.25) is 0 Å². The maximum atomic E-state index is 3.72. The molecule has 0 spiro atoms. The Bertz CT molecular complexity index is 174. The Hall–Kier alpha value is -0.0400. The van der Waals surface area contributed by atoms with Crippen molar-refractivity contribution in [3.05, 3.63) is 0 Å². The summed E-state index contributed by atoms with van der Waals surface area (Å²) in [6.45, 7) is 6.03. The molecule has 2 fully saturated rings. The molecule has 0 aromatic heterocycles. The molecule has 0 saturated heterocycles. The second kappa shape index (κ2) is 4.65. The van der Waals surface area contributed by atoms with Crippen molar-refractivity contribution >= 4 is 0 Å². The van der Waals surface area contributed by atoms with E-state index in [1.807, 2.05) is 0 Å². The lowest BCUT2D eigenvalue weighted by Gasteiger charge is -2.16. The molecule has 0 aromatic carbocycles. The third-order valence-corrected chi connectivity index (χ3v) is 3.94.